The SMILES string of the molecule is CCCN(CC(=O)O)C(=O)c1ncccc1Br. The van der Waals surface area contributed by atoms with Gasteiger partial charge in [-0.3, -0.25) is 9.59 Å². The van der Waals surface area contributed by atoms with Gasteiger partial charge < -0.3 is 10.0 Å². The van der Waals surface area contributed by atoms with Crippen LogP contribution < -0.4 is 0 Å². The lowest BCUT2D eigenvalue weighted by atomic mass is 10.3. The number of rotatable bonds is 5. The number of halogens is 1. The lowest BCUT2D eigenvalue weighted by Gasteiger charge is -2.19. The van der Waals surface area contributed by atoms with E-state index in [1.807, 2.05) is 6.92 Å². The van der Waals surface area contributed by atoms with Gasteiger partial charge in [0.05, 0.1) is 0 Å². The molecule has 0 fully saturated rings. The third-order valence-corrected chi connectivity index (χ3v) is 2.71. The molecule has 1 aromatic rings. The van der Waals surface area contributed by atoms with Crippen molar-refractivity contribution < 1.29 is 14.7 Å². The molecule has 1 amide bonds. The zero-order valence-electron chi connectivity index (χ0n) is 9.39. The van der Waals surface area contributed by atoms with Gasteiger partial charge in [0.2, 0.25) is 0 Å². The van der Waals surface area contributed by atoms with Crippen molar-refractivity contribution in [2.24, 2.45) is 0 Å². The molecular formula is C11H13BrN2O3. The third kappa shape index (κ3) is 3.81. The maximum absolute atomic E-state index is 12.1. The molecule has 92 valence electrons. The van der Waals surface area contributed by atoms with E-state index in [9.17, 15) is 9.59 Å². The Balaban J connectivity index is 2.91. The van der Waals surface area contributed by atoms with Crippen LogP contribution in [0.15, 0.2) is 22.8 Å². The highest BCUT2D eigenvalue weighted by Crippen LogP contribution is 2.15. The molecule has 0 saturated carbocycles. The molecule has 0 aliphatic carbocycles. The molecule has 0 saturated heterocycles. The van der Waals surface area contributed by atoms with Gasteiger partial charge in [-0.1, -0.05) is 6.92 Å². The quantitative estimate of drug-likeness (QED) is 0.900. The number of hydrogen-bond acceptors (Lipinski definition) is 3. The Morgan fingerprint density at radius 1 is 1.53 bits per heavy atom. The summed E-state index contributed by atoms with van der Waals surface area (Å²) in [5, 5.41) is 8.75. The molecule has 0 aromatic carbocycles. The Morgan fingerprint density at radius 3 is 2.76 bits per heavy atom. The zero-order chi connectivity index (χ0) is 12.8. The molecule has 1 aromatic heterocycles. The van der Waals surface area contributed by atoms with E-state index in [0.717, 1.165) is 0 Å². The second kappa shape index (κ2) is 6.34. The third-order valence-electron chi connectivity index (χ3n) is 2.07. The average molecular weight is 301 g/mol. The van der Waals surface area contributed by atoms with Crippen molar-refractivity contribution in [1.82, 2.24) is 9.88 Å². The number of pyridine rings is 1. The fourth-order valence-electron chi connectivity index (χ4n) is 1.38. The van der Waals surface area contributed by atoms with Crippen molar-refractivity contribution in [2.45, 2.75) is 13.3 Å². The zero-order valence-corrected chi connectivity index (χ0v) is 11.0. The number of carbonyl (C=O) groups excluding carboxylic acids is 1. The standard InChI is InChI=1S/C11H13BrN2O3/c1-2-6-14(7-9(15)16)11(17)10-8(12)4-3-5-13-10/h3-5H,2,6-7H2,1H3,(H,15,16). The Bertz CT molecular complexity index is 423. The van der Waals surface area contributed by atoms with Crippen molar-refractivity contribution in [3.05, 3.63) is 28.5 Å². The maximum Gasteiger partial charge on any atom is 0.323 e. The fourth-order valence-corrected chi connectivity index (χ4v) is 1.80. The number of carboxylic acids is 1. The van der Waals surface area contributed by atoms with Crippen LogP contribution in [0.25, 0.3) is 0 Å². The molecule has 17 heavy (non-hydrogen) atoms. The second-order valence-electron chi connectivity index (χ2n) is 3.45. The summed E-state index contributed by atoms with van der Waals surface area (Å²) < 4.78 is 0.566. The highest BCUT2D eigenvalue weighted by atomic mass is 79.9. The van der Waals surface area contributed by atoms with Gasteiger partial charge in [-0.15, -0.1) is 0 Å². The van der Waals surface area contributed by atoms with Gasteiger partial charge in [-0.2, -0.15) is 0 Å². The number of aromatic nitrogens is 1. The lowest BCUT2D eigenvalue weighted by molar-refractivity contribution is -0.137. The second-order valence-corrected chi connectivity index (χ2v) is 4.31. The molecule has 1 N–H and O–H groups in total. The summed E-state index contributed by atoms with van der Waals surface area (Å²) in [6.45, 7) is 1.97. The van der Waals surface area contributed by atoms with Gasteiger partial charge in [0, 0.05) is 17.2 Å². The van der Waals surface area contributed by atoms with E-state index in [-0.39, 0.29) is 18.1 Å². The van der Waals surface area contributed by atoms with Crippen LogP contribution in [-0.4, -0.2) is 40.0 Å². The first-order valence-electron chi connectivity index (χ1n) is 5.17. The Hall–Kier alpha value is -1.43. The van der Waals surface area contributed by atoms with Gasteiger partial charge >= 0.3 is 5.97 Å². The minimum atomic E-state index is -1.03. The van der Waals surface area contributed by atoms with Crippen LogP contribution in [0.2, 0.25) is 0 Å². The van der Waals surface area contributed by atoms with E-state index < -0.39 is 5.97 Å². The highest BCUT2D eigenvalue weighted by molar-refractivity contribution is 9.10. The minimum absolute atomic E-state index is 0.238. The summed E-state index contributed by atoms with van der Waals surface area (Å²) in [5.74, 6) is -1.40. The van der Waals surface area contributed by atoms with Gasteiger partial charge in [0.15, 0.2) is 0 Å². The number of hydrogen-bond donors (Lipinski definition) is 1. The molecule has 1 heterocycles. The monoisotopic (exact) mass is 300 g/mol. The van der Waals surface area contributed by atoms with Crippen LogP contribution in [0.1, 0.15) is 23.8 Å². The Kier molecular flexibility index (Phi) is 5.09. The van der Waals surface area contributed by atoms with Crippen LogP contribution in [0.3, 0.4) is 0 Å². The normalized spacial score (nSPS) is 10.0. The largest absolute Gasteiger partial charge is 0.480 e. The molecule has 6 heteroatoms. The van der Waals surface area contributed by atoms with Gasteiger partial charge in [0.1, 0.15) is 12.2 Å². The molecule has 1 rings (SSSR count). The molecule has 0 spiro atoms. The van der Waals surface area contributed by atoms with Crippen LogP contribution in [0.5, 0.6) is 0 Å². The number of carboxylic acid groups (broad SMARTS) is 1. The lowest BCUT2D eigenvalue weighted by Crippen LogP contribution is -2.36. The van der Waals surface area contributed by atoms with Gasteiger partial charge in [0.25, 0.3) is 5.91 Å². The van der Waals surface area contributed by atoms with E-state index >= 15 is 0 Å². The molecular weight excluding hydrogens is 288 g/mol. The summed E-state index contributed by atoms with van der Waals surface area (Å²) in [4.78, 5) is 28.0. The predicted molar refractivity (Wildman–Crippen MR) is 65.8 cm³/mol. The van der Waals surface area contributed by atoms with Crippen LogP contribution in [0, 0.1) is 0 Å². The molecule has 0 aliphatic rings. The molecule has 5 nitrogen and oxygen atoms in total. The first-order chi connectivity index (χ1) is 8.06. The topological polar surface area (TPSA) is 70.5 Å². The van der Waals surface area contributed by atoms with Crippen molar-refractivity contribution in [3.63, 3.8) is 0 Å². The summed E-state index contributed by atoms with van der Waals surface area (Å²) >= 11 is 3.23. The van der Waals surface area contributed by atoms with Crippen molar-refractivity contribution in [2.75, 3.05) is 13.1 Å². The van der Waals surface area contributed by atoms with Crippen molar-refractivity contribution >= 4 is 27.8 Å². The summed E-state index contributed by atoms with van der Waals surface area (Å²) in [7, 11) is 0. The molecule has 0 unspecified atom stereocenters. The van der Waals surface area contributed by atoms with Crippen molar-refractivity contribution in [1.29, 1.82) is 0 Å². The molecule has 0 aliphatic heterocycles. The minimum Gasteiger partial charge on any atom is -0.480 e. The maximum atomic E-state index is 12.1. The molecule has 0 bridgehead atoms. The number of aliphatic carboxylic acids is 1. The van der Waals surface area contributed by atoms with E-state index in [1.165, 1.54) is 11.1 Å². The Labute approximate surface area is 108 Å². The summed E-state index contributed by atoms with van der Waals surface area (Å²) in [5.41, 5.74) is 0.238. The van der Waals surface area contributed by atoms with E-state index in [0.29, 0.717) is 17.4 Å². The van der Waals surface area contributed by atoms with E-state index in [2.05, 4.69) is 20.9 Å². The summed E-state index contributed by atoms with van der Waals surface area (Å²) in [6, 6.07) is 3.40. The van der Waals surface area contributed by atoms with E-state index in [4.69, 9.17) is 5.11 Å². The van der Waals surface area contributed by atoms with Crippen LogP contribution in [0.4, 0.5) is 0 Å². The van der Waals surface area contributed by atoms with Gasteiger partial charge in [-0.25, -0.2) is 4.98 Å². The van der Waals surface area contributed by atoms with Crippen LogP contribution in [-0.2, 0) is 4.79 Å². The number of carbonyl (C=O) groups is 2. The smallest absolute Gasteiger partial charge is 0.323 e. The summed E-state index contributed by atoms with van der Waals surface area (Å²) in [6.07, 6.45) is 2.20. The predicted octanol–water partition coefficient (Wildman–Crippen LogP) is 1.78. The highest BCUT2D eigenvalue weighted by Gasteiger charge is 2.20. The Morgan fingerprint density at radius 2 is 2.24 bits per heavy atom. The fraction of sp³-hybridized carbons (Fsp3) is 0.364. The molecule has 0 atom stereocenters. The average Bonchev–Trinajstić information content (AvgIpc) is 2.28. The van der Waals surface area contributed by atoms with E-state index in [1.54, 1.807) is 12.1 Å². The number of amides is 1. The molecule has 0 radical (unpaired) electrons. The first kappa shape index (κ1) is 13.6. The van der Waals surface area contributed by atoms with Crippen molar-refractivity contribution in [3.8, 4) is 0 Å². The number of nitrogens with zero attached hydrogens (tertiary/aromatic N) is 2. The first-order valence-corrected chi connectivity index (χ1v) is 5.97. The van der Waals surface area contributed by atoms with Crippen LogP contribution >= 0.6 is 15.9 Å². The van der Waals surface area contributed by atoms with Gasteiger partial charge in [-0.05, 0) is 34.5 Å².